The topological polar surface area (TPSA) is 29.5 Å². The smallest absolute Gasteiger partial charge is 0.122 e. The Morgan fingerprint density at radius 2 is 2.45 bits per heavy atom. The van der Waals surface area contributed by atoms with E-state index in [1.165, 1.54) is 0 Å². The SMILES string of the molecule is COc1c[c]ccc1CCO. The third-order valence-electron chi connectivity index (χ3n) is 1.51. The summed E-state index contributed by atoms with van der Waals surface area (Å²) in [6, 6.07) is 8.38. The van der Waals surface area contributed by atoms with Crippen molar-refractivity contribution in [1.29, 1.82) is 0 Å². The van der Waals surface area contributed by atoms with Gasteiger partial charge in [0, 0.05) is 6.61 Å². The number of methoxy groups -OCH3 is 1. The first-order valence-corrected chi connectivity index (χ1v) is 3.52. The molecule has 1 N–H and O–H groups in total. The molecule has 0 saturated heterocycles. The van der Waals surface area contributed by atoms with Crippen LogP contribution in [-0.2, 0) is 6.42 Å². The second-order valence-electron chi connectivity index (χ2n) is 2.21. The molecule has 0 aromatic heterocycles. The largest absolute Gasteiger partial charge is 0.496 e. The first-order valence-electron chi connectivity index (χ1n) is 3.52. The molecule has 1 rings (SSSR count). The van der Waals surface area contributed by atoms with E-state index in [-0.39, 0.29) is 6.61 Å². The van der Waals surface area contributed by atoms with Crippen LogP contribution in [0.4, 0.5) is 0 Å². The van der Waals surface area contributed by atoms with Gasteiger partial charge in [0.2, 0.25) is 0 Å². The summed E-state index contributed by atoms with van der Waals surface area (Å²) in [5, 5.41) is 8.67. The lowest BCUT2D eigenvalue weighted by atomic mass is 10.1. The zero-order valence-corrected chi connectivity index (χ0v) is 6.50. The van der Waals surface area contributed by atoms with Crippen LogP contribution in [-0.4, -0.2) is 18.8 Å². The van der Waals surface area contributed by atoms with Crippen LogP contribution in [0.2, 0.25) is 0 Å². The highest BCUT2D eigenvalue weighted by atomic mass is 16.5. The molecule has 0 saturated carbocycles. The summed E-state index contributed by atoms with van der Waals surface area (Å²) >= 11 is 0. The number of aliphatic hydroxyl groups is 1. The van der Waals surface area contributed by atoms with Crippen LogP contribution < -0.4 is 4.74 Å². The minimum absolute atomic E-state index is 0.153. The molecule has 0 atom stereocenters. The Balaban J connectivity index is 2.83. The van der Waals surface area contributed by atoms with E-state index < -0.39 is 0 Å². The summed E-state index contributed by atoms with van der Waals surface area (Å²) in [5.74, 6) is 0.793. The van der Waals surface area contributed by atoms with Gasteiger partial charge >= 0.3 is 0 Å². The van der Waals surface area contributed by atoms with Crippen molar-refractivity contribution in [2.45, 2.75) is 6.42 Å². The molecule has 2 heteroatoms. The van der Waals surface area contributed by atoms with Crippen LogP contribution in [0, 0.1) is 6.07 Å². The molecule has 0 heterocycles. The number of ether oxygens (including phenoxy) is 1. The summed E-state index contributed by atoms with van der Waals surface area (Å²) in [6.07, 6.45) is 0.637. The molecule has 1 aromatic carbocycles. The number of hydrogen-bond donors (Lipinski definition) is 1. The molecule has 59 valence electrons. The lowest BCUT2D eigenvalue weighted by Gasteiger charge is -2.04. The standard InChI is InChI=1S/C9H11O2/c1-11-9-5-3-2-4-8(9)6-7-10/h2,4-5,10H,6-7H2,1H3. The fraction of sp³-hybridized carbons (Fsp3) is 0.333. The van der Waals surface area contributed by atoms with Crippen LogP contribution >= 0.6 is 0 Å². The highest BCUT2D eigenvalue weighted by molar-refractivity contribution is 5.32. The molecule has 1 aromatic rings. The van der Waals surface area contributed by atoms with Gasteiger partial charge in [0.15, 0.2) is 0 Å². The maximum atomic E-state index is 8.67. The van der Waals surface area contributed by atoms with E-state index in [0.717, 1.165) is 11.3 Å². The van der Waals surface area contributed by atoms with Crippen molar-refractivity contribution in [3.05, 3.63) is 29.8 Å². The van der Waals surface area contributed by atoms with Crippen molar-refractivity contribution in [1.82, 2.24) is 0 Å². The van der Waals surface area contributed by atoms with Crippen molar-refractivity contribution < 1.29 is 9.84 Å². The Labute approximate surface area is 66.4 Å². The molecule has 11 heavy (non-hydrogen) atoms. The van der Waals surface area contributed by atoms with Crippen LogP contribution in [0.3, 0.4) is 0 Å². The van der Waals surface area contributed by atoms with Gasteiger partial charge in [-0.05, 0) is 24.1 Å². The molecule has 1 radical (unpaired) electrons. The zero-order valence-electron chi connectivity index (χ0n) is 6.50. The van der Waals surface area contributed by atoms with Crippen molar-refractivity contribution in [2.24, 2.45) is 0 Å². The number of benzene rings is 1. The van der Waals surface area contributed by atoms with Crippen molar-refractivity contribution in [2.75, 3.05) is 13.7 Å². The number of rotatable bonds is 3. The van der Waals surface area contributed by atoms with E-state index in [1.807, 2.05) is 12.1 Å². The first kappa shape index (κ1) is 8.08. The van der Waals surface area contributed by atoms with Gasteiger partial charge in [-0.2, -0.15) is 0 Å². The molecule has 0 bridgehead atoms. The molecule has 0 aliphatic heterocycles. The highest BCUT2D eigenvalue weighted by Crippen LogP contribution is 2.16. The van der Waals surface area contributed by atoms with E-state index >= 15 is 0 Å². The summed E-state index contributed by atoms with van der Waals surface area (Å²) < 4.78 is 5.06. The van der Waals surface area contributed by atoms with Crippen LogP contribution in [0.1, 0.15) is 5.56 Å². The molecule has 0 fully saturated rings. The van der Waals surface area contributed by atoms with Crippen molar-refractivity contribution in [3.63, 3.8) is 0 Å². The van der Waals surface area contributed by atoms with Crippen molar-refractivity contribution >= 4 is 0 Å². The average Bonchev–Trinajstić information content (AvgIpc) is 2.06. The minimum atomic E-state index is 0.153. The first-order chi connectivity index (χ1) is 5.38. The van der Waals surface area contributed by atoms with E-state index in [4.69, 9.17) is 9.84 Å². The quantitative estimate of drug-likeness (QED) is 0.699. The molecule has 0 spiro atoms. The van der Waals surface area contributed by atoms with Crippen molar-refractivity contribution in [3.8, 4) is 5.75 Å². The Hall–Kier alpha value is -1.02. The van der Waals surface area contributed by atoms with Crippen LogP contribution in [0.15, 0.2) is 18.2 Å². The van der Waals surface area contributed by atoms with Gasteiger partial charge in [-0.3, -0.25) is 0 Å². The Kier molecular flexibility index (Phi) is 2.93. The van der Waals surface area contributed by atoms with E-state index in [0.29, 0.717) is 6.42 Å². The zero-order chi connectivity index (χ0) is 8.10. The lowest BCUT2D eigenvalue weighted by molar-refractivity contribution is 0.296. The van der Waals surface area contributed by atoms with E-state index in [2.05, 4.69) is 6.07 Å². The summed E-state index contributed by atoms with van der Waals surface area (Å²) in [7, 11) is 1.62. The average molecular weight is 151 g/mol. The molecular weight excluding hydrogens is 140 g/mol. The van der Waals surface area contributed by atoms with Crippen LogP contribution in [0.5, 0.6) is 5.75 Å². The highest BCUT2D eigenvalue weighted by Gasteiger charge is 1.98. The predicted molar refractivity (Wildman–Crippen MR) is 42.6 cm³/mol. The monoisotopic (exact) mass is 151 g/mol. The molecule has 0 aliphatic rings. The predicted octanol–water partition coefficient (Wildman–Crippen LogP) is 1.03. The van der Waals surface area contributed by atoms with E-state index in [1.54, 1.807) is 13.2 Å². The summed E-state index contributed by atoms with van der Waals surface area (Å²) in [6.45, 7) is 0.153. The molecule has 0 amide bonds. The normalized spacial score (nSPS) is 9.64. The van der Waals surface area contributed by atoms with Gasteiger partial charge in [0.05, 0.1) is 7.11 Å². The number of hydrogen-bond acceptors (Lipinski definition) is 2. The van der Waals surface area contributed by atoms with Gasteiger partial charge in [0.25, 0.3) is 0 Å². The Morgan fingerprint density at radius 3 is 3.09 bits per heavy atom. The summed E-state index contributed by atoms with van der Waals surface area (Å²) in [4.78, 5) is 0. The fourth-order valence-corrected chi connectivity index (χ4v) is 0.964. The van der Waals surface area contributed by atoms with Gasteiger partial charge < -0.3 is 9.84 Å². The molecule has 0 aliphatic carbocycles. The molecule has 0 unspecified atom stereocenters. The molecular formula is C9H11O2. The van der Waals surface area contributed by atoms with Gasteiger partial charge in [0.1, 0.15) is 5.75 Å². The van der Waals surface area contributed by atoms with Gasteiger partial charge in [-0.25, -0.2) is 0 Å². The fourth-order valence-electron chi connectivity index (χ4n) is 0.964. The lowest BCUT2D eigenvalue weighted by Crippen LogP contribution is -1.94. The second kappa shape index (κ2) is 3.98. The van der Waals surface area contributed by atoms with E-state index in [9.17, 15) is 0 Å². The minimum Gasteiger partial charge on any atom is -0.496 e. The van der Waals surface area contributed by atoms with Gasteiger partial charge in [-0.15, -0.1) is 0 Å². The third kappa shape index (κ3) is 1.95. The maximum absolute atomic E-state index is 8.67. The molecule has 2 nitrogen and oxygen atoms in total. The second-order valence-corrected chi connectivity index (χ2v) is 2.21. The Bertz CT molecular complexity index is 221. The van der Waals surface area contributed by atoms with Gasteiger partial charge in [-0.1, -0.05) is 12.1 Å². The maximum Gasteiger partial charge on any atom is 0.122 e. The third-order valence-corrected chi connectivity index (χ3v) is 1.51. The Morgan fingerprint density at radius 1 is 1.64 bits per heavy atom. The van der Waals surface area contributed by atoms with Crippen LogP contribution in [0.25, 0.3) is 0 Å². The summed E-state index contributed by atoms with van der Waals surface area (Å²) in [5.41, 5.74) is 1.02. The number of aliphatic hydroxyl groups excluding tert-OH is 1.